The molecule has 0 aromatic heterocycles. The summed E-state index contributed by atoms with van der Waals surface area (Å²) in [5, 5.41) is 0. The van der Waals surface area contributed by atoms with Gasteiger partial charge in [-0.25, -0.2) is 9.18 Å². The van der Waals surface area contributed by atoms with E-state index in [1.165, 1.54) is 20.0 Å². The summed E-state index contributed by atoms with van der Waals surface area (Å²) in [5.74, 6) is 0.585. The second-order valence-electron chi connectivity index (χ2n) is 9.03. The fourth-order valence-electron chi connectivity index (χ4n) is 5.17. The van der Waals surface area contributed by atoms with Crippen molar-refractivity contribution in [3.05, 3.63) is 71.1 Å². The lowest BCUT2D eigenvalue weighted by molar-refractivity contribution is -0.135. The molecule has 0 aliphatic heterocycles. The van der Waals surface area contributed by atoms with Gasteiger partial charge in [0.05, 0.1) is 18.8 Å². The highest BCUT2D eigenvalue weighted by atomic mass is 19.1. The van der Waals surface area contributed by atoms with Gasteiger partial charge in [0, 0.05) is 5.56 Å². The van der Waals surface area contributed by atoms with Crippen LogP contribution >= 0.6 is 0 Å². The largest absolute Gasteiger partial charge is 0.490 e. The van der Waals surface area contributed by atoms with Gasteiger partial charge in [-0.05, 0) is 91.3 Å². The van der Waals surface area contributed by atoms with E-state index in [1.807, 2.05) is 30.4 Å². The lowest BCUT2D eigenvalue weighted by atomic mass is 9.76. The number of benzene rings is 2. The van der Waals surface area contributed by atoms with E-state index in [0.29, 0.717) is 12.0 Å². The monoisotopic (exact) mass is 432 g/mol. The number of hydrogen-bond donors (Lipinski definition) is 0. The van der Waals surface area contributed by atoms with Crippen molar-refractivity contribution < 1.29 is 18.7 Å². The quantitative estimate of drug-likeness (QED) is 0.463. The Labute approximate surface area is 188 Å². The minimum Gasteiger partial charge on any atom is -0.490 e. The van der Waals surface area contributed by atoms with E-state index in [1.54, 1.807) is 12.1 Å². The zero-order chi connectivity index (χ0) is 22.1. The Morgan fingerprint density at radius 3 is 2.50 bits per heavy atom. The molecule has 2 saturated carbocycles. The van der Waals surface area contributed by atoms with E-state index >= 15 is 4.39 Å². The van der Waals surface area contributed by atoms with Crippen LogP contribution in [-0.2, 0) is 9.53 Å². The van der Waals surface area contributed by atoms with Crippen molar-refractivity contribution in [3.8, 4) is 16.9 Å². The second-order valence-corrected chi connectivity index (χ2v) is 9.03. The number of carbonyl (C=O) groups is 1. The predicted octanol–water partition coefficient (Wildman–Crippen LogP) is 6.97. The number of ether oxygens (including phenoxy) is 2. The molecule has 0 amide bonds. The maximum Gasteiger partial charge on any atom is 0.338 e. The molecule has 2 fully saturated rings. The Bertz CT molecular complexity index is 1090. The highest BCUT2D eigenvalue weighted by molar-refractivity contribution is 6.07. The molecule has 0 spiro atoms. The SMILES string of the molecule is COC(=O)C1=CCC=C1c1ccc(OC2CCCC2)c(-c2cccc(F)c2C2CCC2)c1. The molecular formula is C28H29FO3. The molecule has 0 bridgehead atoms. The summed E-state index contributed by atoms with van der Waals surface area (Å²) in [4.78, 5) is 12.3. The van der Waals surface area contributed by atoms with Gasteiger partial charge in [0.25, 0.3) is 0 Å². The molecule has 3 aliphatic carbocycles. The Kier molecular flexibility index (Phi) is 5.86. The Morgan fingerprint density at radius 1 is 0.969 bits per heavy atom. The molecule has 32 heavy (non-hydrogen) atoms. The number of carbonyl (C=O) groups excluding carboxylic acids is 1. The number of allylic oxidation sites excluding steroid dienone is 2. The van der Waals surface area contributed by atoms with Gasteiger partial charge < -0.3 is 9.47 Å². The number of rotatable bonds is 6. The highest BCUT2D eigenvalue weighted by Gasteiger charge is 2.28. The van der Waals surface area contributed by atoms with Gasteiger partial charge in [-0.2, -0.15) is 0 Å². The van der Waals surface area contributed by atoms with Crippen molar-refractivity contribution in [3.63, 3.8) is 0 Å². The molecule has 5 rings (SSSR count). The van der Waals surface area contributed by atoms with Gasteiger partial charge in [0.2, 0.25) is 0 Å². The molecule has 2 aromatic rings. The molecule has 0 unspecified atom stereocenters. The summed E-state index contributed by atoms with van der Waals surface area (Å²) in [6.07, 6.45) is 12.5. The van der Waals surface area contributed by atoms with E-state index in [2.05, 4.69) is 6.07 Å². The third-order valence-electron chi connectivity index (χ3n) is 7.08. The summed E-state index contributed by atoms with van der Waals surface area (Å²) >= 11 is 0. The van der Waals surface area contributed by atoms with Crippen LogP contribution in [0.5, 0.6) is 5.75 Å². The van der Waals surface area contributed by atoms with E-state index in [9.17, 15) is 4.79 Å². The smallest absolute Gasteiger partial charge is 0.338 e. The fourth-order valence-corrected chi connectivity index (χ4v) is 5.17. The van der Waals surface area contributed by atoms with Crippen LogP contribution in [0.15, 0.2) is 54.1 Å². The second kappa shape index (κ2) is 8.93. The molecule has 0 heterocycles. The first-order valence-corrected chi connectivity index (χ1v) is 11.7. The van der Waals surface area contributed by atoms with Crippen LogP contribution in [0.3, 0.4) is 0 Å². The summed E-state index contributed by atoms with van der Waals surface area (Å²) < 4.78 is 26.5. The number of hydrogen-bond acceptors (Lipinski definition) is 3. The predicted molar refractivity (Wildman–Crippen MR) is 124 cm³/mol. The van der Waals surface area contributed by atoms with Gasteiger partial charge in [-0.1, -0.05) is 36.8 Å². The van der Waals surface area contributed by atoms with Crippen LogP contribution in [0.4, 0.5) is 4.39 Å². The van der Waals surface area contributed by atoms with Crippen molar-refractivity contribution in [2.45, 2.75) is 63.4 Å². The highest BCUT2D eigenvalue weighted by Crippen LogP contribution is 2.46. The maximum absolute atomic E-state index is 15.0. The standard InChI is InChI=1S/C28H29FO3/c1-31-28(30)23-13-5-11-21(23)19-15-16-26(32-20-9-2-3-10-20)24(17-19)22-12-6-14-25(29)27(22)18-7-4-8-18/h6,11-18,20H,2-5,7-10H2,1H3. The summed E-state index contributed by atoms with van der Waals surface area (Å²) in [5.41, 5.74) is 5.00. The van der Waals surface area contributed by atoms with Crippen molar-refractivity contribution in [2.24, 2.45) is 0 Å². The van der Waals surface area contributed by atoms with Gasteiger partial charge in [0.1, 0.15) is 11.6 Å². The zero-order valence-corrected chi connectivity index (χ0v) is 18.5. The van der Waals surface area contributed by atoms with Gasteiger partial charge in [-0.15, -0.1) is 0 Å². The maximum atomic E-state index is 15.0. The topological polar surface area (TPSA) is 35.5 Å². The number of methoxy groups -OCH3 is 1. The van der Waals surface area contributed by atoms with Crippen LogP contribution in [0.25, 0.3) is 16.7 Å². The lowest BCUT2D eigenvalue weighted by Crippen LogP contribution is -2.14. The summed E-state index contributed by atoms with van der Waals surface area (Å²) in [6, 6.07) is 11.4. The molecular weight excluding hydrogens is 403 g/mol. The first-order chi connectivity index (χ1) is 15.7. The third-order valence-corrected chi connectivity index (χ3v) is 7.08. The molecule has 3 aliphatic rings. The first kappa shape index (κ1) is 21.0. The molecule has 3 nitrogen and oxygen atoms in total. The molecule has 0 atom stereocenters. The van der Waals surface area contributed by atoms with E-state index in [4.69, 9.17) is 9.47 Å². The molecule has 2 aromatic carbocycles. The first-order valence-electron chi connectivity index (χ1n) is 11.7. The average Bonchev–Trinajstić information content (AvgIpc) is 3.46. The fraction of sp³-hybridized carbons (Fsp3) is 0.393. The number of esters is 1. The Hall–Kier alpha value is -2.88. The Morgan fingerprint density at radius 2 is 1.78 bits per heavy atom. The van der Waals surface area contributed by atoms with Crippen molar-refractivity contribution >= 4 is 11.5 Å². The summed E-state index contributed by atoms with van der Waals surface area (Å²) in [6.45, 7) is 0. The van der Waals surface area contributed by atoms with E-state index < -0.39 is 0 Å². The van der Waals surface area contributed by atoms with Crippen LogP contribution < -0.4 is 4.74 Å². The molecule has 0 saturated heterocycles. The third kappa shape index (κ3) is 3.87. The van der Waals surface area contributed by atoms with Gasteiger partial charge in [-0.3, -0.25) is 0 Å². The molecule has 166 valence electrons. The molecule has 0 N–H and O–H groups in total. The summed E-state index contributed by atoms with van der Waals surface area (Å²) in [7, 11) is 1.40. The van der Waals surface area contributed by atoms with Crippen LogP contribution in [0.2, 0.25) is 0 Å². The molecule has 0 radical (unpaired) electrons. The normalized spacial score (nSPS) is 18.8. The minimum absolute atomic E-state index is 0.139. The minimum atomic E-state index is -0.331. The van der Waals surface area contributed by atoms with E-state index in [0.717, 1.165) is 65.7 Å². The van der Waals surface area contributed by atoms with Crippen LogP contribution in [0, 0.1) is 5.82 Å². The lowest BCUT2D eigenvalue weighted by Gasteiger charge is -2.29. The van der Waals surface area contributed by atoms with Crippen LogP contribution in [-0.4, -0.2) is 19.2 Å². The molecule has 4 heteroatoms. The number of halogens is 1. The van der Waals surface area contributed by atoms with E-state index in [-0.39, 0.29) is 23.8 Å². The van der Waals surface area contributed by atoms with Crippen LogP contribution in [0.1, 0.15) is 68.4 Å². The average molecular weight is 433 g/mol. The zero-order valence-electron chi connectivity index (χ0n) is 18.5. The Balaban J connectivity index is 1.61. The van der Waals surface area contributed by atoms with Crippen molar-refractivity contribution in [1.82, 2.24) is 0 Å². The van der Waals surface area contributed by atoms with Gasteiger partial charge >= 0.3 is 5.97 Å². The van der Waals surface area contributed by atoms with Crippen molar-refractivity contribution in [2.75, 3.05) is 7.11 Å². The van der Waals surface area contributed by atoms with Gasteiger partial charge in [0.15, 0.2) is 0 Å². The van der Waals surface area contributed by atoms with Crippen molar-refractivity contribution in [1.29, 1.82) is 0 Å².